The molecule has 0 aliphatic rings. The van der Waals surface area contributed by atoms with Gasteiger partial charge in [0.25, 0.3) is 0 Å². The van der Waals surface area contributed by atoms with Crippen LogP contribution in [0.1, 0.15) is 0 Å². The van der Waals surface area contributed by atoms with Crippen LogP contribution in [0, 0.1) is 0 Å². The van der Waals surface area contributed by atoms with Crippen molar-refractivity contribution in [2.45, 2.75) is 0 Å². The molecule has 10 aromatic rings. The quantitative estimate of drug-likeness (QED) is 0.194. The summed E-state index contributed by atoms with van der Waals surface area (Å²) < 4.78 is 7.56. The number of nitrogens with zero attached hydrogens (tertiary/aromatic N) is 2. The van der Waals surface area contributed by atoms with E-state index < -0.39 is 0 Å². The van der Waals surface area contributed by atoms with Crippen molar-refractivity contribution in [3.8, 4) is 22.5 Å². The molecule has 7 aromatic carbocycles. The minimum absolute atomic E-state index is 1.16. The minimum atomic E-state index is 1.16. The molecule has 0 spiro atoms. The van der Waals surface area contributed by atoms with Crippen LogP contribution in [0.25, 0.3) is 86.3 Å². The maximum absolute atomic E-state index is 2.47. The van der Waals surface area contributed by atoms with Crippen molar-refractivity contribution < 1.29 is 0 Å². The summed E-state index contributed by atoms with van der Waals surface area (Å²) in [6.07, 6.45) is 0. The van der Waals surface area contributed by atoms with Crippen LogP contribution in [0.5, 0.6) is 0 Å². The maximum Gasteiger partial charge on any atom is 0.0562 e. The molecule has 0 bridgehead atoms. The van der Waals surface area contributed by atoms with Gasteiger partial charge in [-0.2, -0.15) is 0 Å². The fraction of sp³-hybridized carbons (Fsp3) is 0. The number of rotatable bonds is 3. The van der Waals surface area contributed by atoms with Crippen molar-refractivity contribution in [2.75, 3.05) is 0 Å². The molecule has 2 nitrogen and oxygen atoms in total. The summed E-state index contributed by atoms with van der Waals surface area (Å²) in [4.78, 5) is 0. The van der Waals surface area contributed by atoms with E-state index in [1.165, 1.54) is 74.9 Å². The van der Waals surface area contributed by atoms with Crippen LogP contribution in [-0.4, -0.2) is 9.13 Å². The van der Waals surface area contributed by atoms with Crippen LogP contribution in [0.2, 0.25) is 0 Å². The average molecular weight is 591 g/mol. The zero-order valence-corrected chi connectivity index (χ0v) is 25.1. The van der Waals surface area contributed by atoms with Gasteiger partial charge in [-0.3, -0.25) is 0 Å². The van der Waals surface area contributed by atoms with E-state index >= 15 is 0 Å². The van der Waals surface area contributed by atoms with E-state index in [4.69, 9.17) is 0 Å². The van der Waals surface area contributed by atoms with Gasteiger partial charge in [-0.25, -0.2) is 0 Å². The van der Waals surface area contributed by atoms with Gasteiger partial charge in [0.15, 0.2) is 0 Å². The molecule has 45 heavy (non-hydrogen) atoms. The first-order valence-corrected chi connectivity index (χ1v) is 16.2. The fourth-order valence-corrected chi connectivity index (χ4v) is 8.60. The van der Waals surface area contributed by atoms with Crippen molar-refractivity contribution in [1.82, 2.24) is 9.13 Å². The molecule has 0 atom stereocenters. The molecular weight excluding hydrogens is 565 g/mol. The van der Waals surface area contributed by atoms with Crippen LogP contribution < -0.4 is 0 Å². The van der Waals surface area contributed by atoms with Gasteiger partial charge in [-0.1, -0.05) is 109 Å². The molecule has 0 radical (unpaired) electrons. The third-order valence-electron chi connectivity index (χ3n) is 9.31. The van der Waals surface area contributed by atoms with E-state index in [1.54, 1.807) is 0 Å². The van der Waals surface area contributed by atoms with Gasteiger partial charge in [-0.05, 0) is 59.7 Å². The zero-order chi connectivity index (χ0) is 29.5. The molecule has 0 saturated carbocycles. The summed E-state index contributed by atoms with van der Waals surface area (Å²) in [5.74, 6) is 0. The van der Waals surface area contributed by atoms with Crippen molar-refractivity contribution in [3.63, 3.8) is 0 Å². The summed E-state index contributed by atoms with van der Waals surface area (Å²) in [5.41, 5.74) is 9.64. The van der Waals surface area contributed by atoms with Gasteiger partial charge in [-0.15, -0.1) is 11.3 Å². The number of para-hydroxylation sites is 2. The average Bonchev–Trinajstić information content (AvgIpc) is 3.76. The molecule has 0 unspecified atom stereocenters. The Morgan fingerprint density at radius 3 is 1.78 bits per heavy atom. The number of hydrogen-bond acceptors (Lipinski definition) is 1. The van der Waals surface area contributed by atoms with Gasteiger partial charge in [0.05, 0.1) is 22.1 Å². The maximum atomic E-state index is 2.47. The molecule has 3 aromatic heterocycles. The number of thiophene rings is 1. The molecule has 0 fully saturated rings. The Morgan fingerprint density at radius 2 is 0.978 bits per heavy atom. The van der Waals surface area contributed by atoms with E-state index in [-0.39, 0.29) is 0 Å². The lowest BCUT2D eigenvalue weighted by Crippen LogP contribution is -1.97. The second-order valence-electron chi connectivity index (χ2n) is 11.8. The summed E-state index contributed by atoms with van der Waals surface area (Å²) in [7, 11) is 0. The first-order valence-electron chi connectivity index (χ1n) is 15.4. The van der Waals surface area contributed by atoms with Crippen LogP contribution >= 0.6 is 11.3 Å². The summed E-state index contributed by atoms with van der Waals surface area (Å²) in [6.45, 7) is 0. The van der Waals surface area contributed by atoms with Gasteiger partial charge in [0.1, 0.15) is 0 Å². The van der Waals surface area contributed by atoms with Crippen LogP contribution in [0.4, 0.5) is 0 Å². The number of hydrogen-bond donors (Lipinski definition) is 0. The third-order valence-corrected chi connectivity index (χ3v) is 10.5. The van der Waals surface area contributed by atoms with Crippen LogP contribution in [0.3, 0.4) is 0 Å². The highest BCUT2D eigenvalue weighted by Crippen LogP contribution is 2.44. The van der Waals surface area contributed by atoms with E-state index in [9.17, 15) is 0 Å². The topological polar surface area (TPSA) is 9.86 Å². The molecular formula is C42H26N2S. The van der Waals surface area contributed by atoms with Gasteiger partial charge in [0.2, 0.25) is 0 Å². The van der Waals surface area contributed by atoms with Crippen LogP contribution in [-0.2, 0) is 0 Å². The summed E-state index contributed by atoms with van der Waals surface area (Å²) in [5, 5.41) is 7.80. The fourth-order valence-electron chi connectivity index (χ4n) is 7.34. The second-order valence-corrected chi connectivity index (χ2v) is 12.8. The normalized spacial score (nSPS) is 12.0. The Bertz CT molecular complexity index is 2710. The number of benzene rings is 7. The lowest BCUT2D eigenvalue weighted by Gasteiger charge is -2.12. The van der Waals surface area contributed by atoms with Crippen molar-refractivity contribution in [2.24, 2.45) is 0 Å². The third kappa shape index (κ3) is 3.56. The van der Waals surface area contributed by atoms with Crippen molar-refractivity contribution in [3.05, 3.63) is 158 Å². The van der Waals surface area contributed by atoms with E-state index in [2.05, 4.69) is 167 Å². The van der Waals surface area contributed by atoms with E-state index in [1.807, 2.05) is 11.3 Å². The predicted octanol–water partition coefficient (Wildman–Crippen LogP) is 11.9. The predicted molar refractivity (Wildman–Crippen MR) is 193 cm³/mol. The molecule has 210 valence electrons. The van der Waals surface area contributed by atoms with Gasteiger partial charge < -0.3 is 9.13 Å². The molecule has 0 amide bonds. The molecule has 0 N–H and O–H groups in total. The van der Waals surface area contributed by atoms with E-state index in [0.717, 1.165) is 11.4 Å². The standard InChI is InChI=1S/C42H26N2S/c1-2-11-27(12-3-1)28-13-10-14-29(25-28)44-38-24-23-34-33-17-6-9-20-40(33)45-42(34)41(38)35-22-21-30(26-39(35)44)43-36-18-7-4-15-31(36)32-16-5-8-19-37(32)43/h1-26H. The number of fused-ring (bicyclic) bond motifs is 10. The lowest BCUT2D eigenvalue weighted by atomic mass is 10.1. The van der Waals surface area contributed by atoms with Crippen molar-refractivity contribution in [1.29, 1.82) is 0 Å². The smallest absolute Gasteiger partial charge is 0.0562 e. The largest absolute Gasteiger partial charge is 0.309 e. The first kappa shape index (κ1) is 24.8. The molecule has 3 heteroatoms. The summed E-state index contributed by atoms with van der Waals surface area (Å²) in [6, 6.07) is 57.6. The molecule has 0 aliphatic carbocycles. The Morgan fingerprint density at radius 1 is 0.356 bits per heavy atom. The highest BCUT2D eigenvalue weighted by atomic mass is 32.1. The number of aromatic nitrogens is 2. The first-order chi connectivity index (χ1) is 22.3. The van der Waals surface area contributed by atoms with Crippen LogP contribution in [0.15, 0.2) is 158 Å². The summed E-state index contributed by atoms with van der Waals surface area (Å²) >= 11 is 1.90. The SMILES string of the molecule is c1ccc(-c2cccc(-n3c4cc(-n5c6ccccc6c6ccccc65)ccc4c4c5sc6ccccc6c5ccc43)c2)cc1. The molecule has 0 saturated heterocycles. The highest BCUT2D eigenvalue weighted by molar-refractivity contribution is 7.26. The van der Waals surface area contributed by atoms with E-state index in [0.29, 0.717) is 0 Å². The minimum Gasteiger partial charge on any atom is -0.309 e. The Hall–Kier alpha value is -5.64. The Labute approximate surface area is 263 Å². The Balaban J connectivity index is 1.33. The van der Waals surface area contributed by atoms with Gasteiger partial charge >= 0.3 is 0 Å². The zero-order valence-electron chi connectivity index (χ0n) is 24.3. The van der Waals surface area contributed by atoms with Crippen molar-refractivity contribution >= 4 is 75.1 Å². The highest BCUT2D eigenvalue weighted by Gasteiger charge is 2.20. The van der Waals surface area contributed by atoms with Gasteiger partial charge in [0, 0.05) is 53.1 Å². The second kappa shape index (κ2) is 9.43. The Kier molecular flexibility index (Phi) is 5.19. The molecule has 3 heterocycles. The lowest BCUT2D eigenvalue weighted by molar-refractivity contribution is 1.16. The monoisotopic (exact) mass is 590 g/mol. The molecule has 0 aliphatic heterocycles. The molecule has 10 rings (SSSR count).